The molecule has 15 valence electrons. The Bertz CT molecular complexity index is 8.00. The molecule has 0 nitrogen and oxygen atoms in total. The third kappa shape index (κ3) is 10.1. The normalized spacial score (nSPS) is 0. The monoisotopic (exact) mass is 509 g/mol. The molecule has 0 aromatic carbocycles. The van der Waals surface area contributed by atoms with Crippen molar-refractivity contribution in [2.45, 2.75) is 0 Å². The minimum atomic E-state index is 0. The van der Waals surface area contributed by atoms with Crippen molar-refractivity contribution in [1.82, 2.24) is 0 Å². The summed E-state index contributed by atoms with van der Waals surface area (Å²) in [4.78, 5) is 0. The van der Waals surface area contributed by atoms with Crippen molar-refractivity contribution in [1.29, 1.82) is 0 Å². The van der Waals surface area contributed by atoms with Gasteiger partial charge in [0.25, 0.3) is 0 Å². The predicted molar refractivity (Wildman–Crippen MR) is 8.54 cm³/mol. The van der Waals surface area contributed by atoms with Gasteiger partial charge < -0.3 is 0 Å². The third-order valence-electron chi connectivity index (χ3n) is 0. The van der Waals surface area contributed by atoms with Crippen molar-refractivity contribution in [3.8, 4) is 0 Å². The van der Waals surface area contributed by atoms with Gasteiger partial charge in [0.15, 0.2) is 0 Å². The Morgan fingerprint density at radius 3 is 1.00 bits per heavy atom. The molecule has 0 aromatic rings. The van der Waals surface area contributed by atoms with Gasteiger partial charge in [-0.3, -0.25) is 0 Å². The van der Waals surface area contributed by atoms with E-state index in [9.17, 15) is 0 Å². The van der Waals surface area contributed by atoms with Gasteiger partial charge >= 0.3 is 48.9 Å². The Kier molecular flexibility index (Phi) is 90.3. The van der Waals surface area contributed by atoms with E-state index in [0.717, 1.165) is 0 Å². The summed E-state index contributed by atoms with van der Waals surface area (Å²) in [6.45, 7) is 0. The van der Waals surface area contributed by atoms with E-state index < -0.39 is 0 Å². The molecule has 0 aliphatic carbocycles. The van der Waals surface area contributed by atoms with Gasteiger partial charge in [-0.05, 0) is 0 Å². The van der Waals surface area contributed by atoms with E-state index >= 15 is 0 Å². The molecule has 0 fully saturated rings. The zero-order chi connectivity index (χ0) is 0. The molecular formula is H2BaCeLaZr. The molecule has 4 heavy (non-hydrogen) atoms. The van der Waals surface area contributed by atoms with Crippen LogP contribution < -0.4 is 0 Å². The standard InChI is InChI=1S/Ba.Ce.La.Zr.2H. The zero-order valence-electron chi connectivity index (χ0n) is 1.58. The largest absolute Gasteiger partial charge is 0 e. The van der Waals surface area contributed by atoms with E-state index in [-0.39, 0.29) is 152 Å². The average Bonchev–Trinajstić information content (AvgIpc) is 0. The fraction of sp³-hybridized carbons (Fsp3) is 0. The maximum Gasteiger partial charge on any atom is 0 e. The summed E-state index contributed by atoms with van der Waals surface area (Å²) in [5, 5.41) is 0. The van der Waals surface area contributed by atoms with Crippen molar-refractivity contribution in [2.24, 2.45) is 0 Å². The van der Waals surface area contributed by atoms with Crippen LogP contribution in [0.4, 0.5) is 0 Å². The van der Waals surface area contributed by atoms with E-state index in [1.54, 1.807) is 0 Å². The van der Waals surface area contributed by atoms with Gasteiger partial charge in [-0.15, -0.1) is 0 Å². The van der Waals surface area contributed by atoms with Crippen LogP contribution in [0.5, 0.6) is 0 Å². The predicted octanol–water partition coefficient (Wildman–Crippen LogP) is -0.919. The molecule has 4 heteroatoms. The zero-order valence-corrected chi connectivity index (χ0v) is 10.8. The average molecular weight is 510 g/mol. The first-order valence-electron chi connectivity index (χ1n) is 0. The van der Waals surface area contributed by atoms with Crippen LogP contribution in [0.15, 0.2) is 0 Å². The molecule has 0 aromatic heterocycles. The Morgan fingerprint density at radius 1 is 1.00 bits per heavy atom. The molecule has 0 rings (SSSR count). The second kappa shape index (κ2) is 15.7. The first-order chi connectivity index (χ1) is 0. The second-order valence-electron chi connectivity index (χ2n) is 0. The van der Waals surface area contributed by atoms with Crippen molar-refractivity contribution in [3.63, 3.8) is 0 Å². The van der Waals surface area contributed by atoms with Crippen molar-refractivity contribution in [2.75, 3.05) is 0 Å². The quantitative estimate of drug-likeness (QED) is 0.371. The van der Waals surface area contributed by atoms with Gasteiger partial charge in [-0.1, -0.05) is 0 Å². The van der Waals surface area contributed by atoms with Crippen molar-refractivity contribution < 1.29 is 104 Å². The van der Waals surface area contributed by atoms with Crippen LogP contribution in [-0.4, -0.2) is 48.9 Å². The number of hydrogen-bond donors (Lipinski definition) is 0. The van der Waals surface area contributed by atoms with Gasteiger partial charge in [0, 0.05) is 104 Å². The fourth-order valence-electron chi connectivity index (χ4n) is 0. The fourth-order valence-corrected chi connectivity index (χ4v) is 0. The van der Waals surface area contributed by atoms with Gasteiger partial charge in [0.05, 0.1) is 0 Å². The topological polar surface area (TPSA) is 0 Å². The molecule has 0 atom stereocenters. The molecule has 0 unspecified atom stereocenters. The van der Waals surface area contributed by atoms with Crippen LogP contribution in [0.2, 0.25) is 0 Å². The summed E-state index contributed by atoms with van der Waals surface area (Å²) in [5.41, 5.74) is 0. The minimum absolute atomic E-state index is 0. The maximum absolute atomic E-state index is 0. The summed E-state index contributed by atoms with van der Waals surface area (Å²) in [5.74, 6) is 0. The van der Waals surface area contributed by atoms with Crippen LogP contribution in [0.25, 0.3) is 0 Å². The summed E-state index contributed by atoms with van der Waals surface area (Å²) < 4.78 is 0. The molecule has 0 N–H and O–H groups in total. The minimum Gasteiger partial charge on any atom is 0 e. The summed E-state index contributed by atoms with van der Waals surface area (Å²) in [7, 11) is 0. The molecule has 1 radical (unpaired) electrons. The van der Waals surface area contributed by atoms with Crippen LogP contribution in [0.1, 0.15) is 0 Å². The smallest absolute Gasteiger partial charge is 0 e. The summed E-state index contributed by atoms with van der Waals surface area (Å²) >= 11 is 0. The van der Waals surface area contributed by atoms with Gasteiger partial charge in [0.2, 0.25) is 0 Å². The summed E-state index contributed by atoms with van der Waals surface area (Å²) in [6.07, 6.45) is 0. The van der Waals surface area contributed by atoms with Crippen molar-refractivity contribution >= 4 is 48.9 Å². The molecule has 0 bridgehead atoms. The van der Waals surface area contributed by atoms with E-state index in [4.69, 9.17) is 0 Å². The Balaban J connectivity index is 0. The first-order valence-corrected chi connectivity index (χ1v) is 0. The maximum atomic E-state index is 0. The SMILES string of the molecule is [BaH2].[Ce].[La].[Zr]. The van der Waals surface area contributed by atoms with Gasteiger partial charge in [-0.25, -0.2) is 0 Å². The van der Waals surface area contributed by atoms with Gasteiger partial charge in [0.1, 0.15) is 0 Å². The Hall–Kier alpha value is 5.03. The molecule has 0 heterocycles. The Morgan fingerprint density at radius 2 is 1.00 bits per heavy atom. The third-order valence-corrected chi connectivity index (χ3v) is 0. The molecule has 0 aliphatic rings. The molecule has 0 saturated heterocycles. The number of hydrogen-bond acceptors (Lipinski definition) is 0. The molecular weight excluding hydrogens is 508 g/mol. The van der Waals surface area contributed by atoms with E-state index in [0.29, 0.717) is 0 Å². The van der Waals surface area contributed by atoms with E-state index in [1.807, 2.05) is 0 Å². The van der Waals surface area contributed by atoms with Crippen LogP contribution in [-0.2, 0) is 26.2 Å². The van der Waals surface area contributed by atoms with Crippen molar-refractivity contribution in [3.05, 3.63) is 0 Å². The first kappa shape index (κ1) is 23.0. The number of rotatable bonds is 0. The van der Waals surface area contributed by atoms with E-state index in [1.165, 1.54) is 0 Å². The molecule has 0 aliphatic heterocycles. The molecule has 0 saturated carbocycles. The van der Waals surface area contributed by atoms with Crippen LogP contribution in [0, 0.1) is 77.3 Å². The second-order valence-corrected chi connectivity index (χ2v) is 0. The van der Waals surface area contributed by atoms with E-state index in [2.05, 4.69) is 0 Å². The Labute approximate surface area is 147 Å². The van der Waals surface area contributed by atoms with Crippen LogP contribution in [0.3, 0.4) is 0 Å². The molecule has 0 amide bonds. The van der Waals surface area contributed by atoms with Crippen LogP contribution >= 0.6 is 0 Å². The van der Waals surface area contributed by atoms with Gasteiger partial charge in [-0.2, -0.15) is 0 Å². The summed E-state index contributed by atoms with van der Waals surface area (Å²) in [6, 6.07) is 0. The molecule has 0 spiro atoms.